The van der Waals surface area contributed by atoms with E-state index < -0.39 is 5.92 Å². The second-order valence-corrected chi connectivity index (χ2v) is 4.83. The van der Waals surface area contributed by atoms with Gasteiger partial charge in [-0.05, 0) is 12.8 Å². The number of nitrogens with zero attached hydrogens (tertiary/aromatic N) is 2. The van der Waals surface area contributed by atoms with E-state index in [1.807, 2.05) is 0 Å². The minimum atomic E-state index is -2.59. The van der Waals surface area contributed by atoms with Crippen molar-refractivity contribution in [3.05, 3.63) is 11.8 Å². The van der Waals surface area contributed by atoms with Crippen LogP contribution in [0.15, 0.2) is 6.20 Å². The van der Waals surface area contributed by atoms with E-state index in [0.29, 0.717) is 18.4 Å². The standard InChI is InChI=1S/C12H17F2N3O2/c1-17-7-9(11(16-17)19-2)10(18)15-8-3-5-12(13,14)6-4-8/h7-8H,3-6H2,1-2H3,(H,15,18). The fourth-order valence-electron chi connectivity index (χ4n) is 2.22. The summed E-state index contributed by atoms with van der Waals surface area (Å²) >= 11 is 0. The van der Waals surface area contributed by atoms with Gasteiger partial charge in [-0.3, -0.25) is 9.48 Å². The molecule has 1 heterocycles. The highest BCUT2D eigenvalue weighted by atomic mass is 19.3. The van der Waals surface area contributed by atoms with Gasteiger partial charge in [-0.2, -0.15) is 0 Å². The Labute approximate surface area is 109 Å². The fourth-order valence-corrected chi connectivity index (χ4v) is 2.22. The highest BCUT2D eigenvalue weighted by Gasteiger charge is 2.35. The molecule has 106 valence electrons. The fraction of sp³-hybridized carbons (Fsp3) is 0.667. The first-order valence-corrected chi connectivity index (χ1v) is 6.17. The Morgan fingerprint density at radius 3 is 2.74 bits per heavy atom. The lowest BCUT2D eigenvalue weighted by Crippen LogP contribution is -2.40. The number of nitrogens with one attached hydrogen (secondary N) is 1. The summed E-state index contributed by atoms with van der Waals surface area (Å²) in [6.45, 7) is 0. The topological polar surface area (TPSA) is 56.2 Å². The number of ether oxygens (including phenoxy) is 1. The first-order chi connectivity index (χ1) is 8.91. The summed E-state index contributed by atoms with van der Waals surface area (Å²) < 4.78 is 32.5. The maximum atomic E-state index is 13.0. The van der Waals surface area contributed by atoms with Gasteiger partial charge in [-0.15, -0.1) is 5.10 Å². The third-order valence-corrected chi connectivity index (χ3v) is 3.29. The van der Waals surface area contributed by atoms with E-state index in [4.69, 9.17) is 4.74 Å². The van der Waals surface area contributed by atoms with Gasteiger partial charge < -0.3 is 10.1 Å². The Morgan fingerprint density at radius 1 is 1.53 bits per heavy atom. The van der Waals surface area contributed by atoms with Crippen LogP contribution < -0.4 is 10.1 Å². The van der Waals surface area contributed by atoms with Crippen LogP contribution in [-0.2, 0) is 7.05 Å². The average molecular weight is 273 g/mol. The van der Waals surface area contributed by atoms with E-state index in [1.54, 1.807) is 13.2 Å². The third kappa shape index (κ3) is 3.21. The maximum absolute atomic E-state index is 13.0. The second kappa shape index (κ2) is 5.14. The number of hydrogen-bond acceptors (Lipinski definition) is 3. The molecule has 1 aromatic rings. The molecule has 0 atom stereocenters. The first-order valence-electron chi connectivity index (χ1n) is 6.17. The number of carbonyl (C=O) groups is 1. The summed E-state index contributed by atoms with van der Waals surface area (Å²) in [6.07, 6.45) is 1.78. The van der Waals surface area contributed by atoms with Crippen molar-refractivity contribution in [2.45, 2.75) is 37.6 Å². The summed E-state index contributed by atoms with van der Waals surface area (Å²) in [5.41, 5.74) is 0.322. The number of aryl methyl sites for hydroxylation is 1. The largest absolute Gasteiger partial charge is 0.479 e. The SMILES string of the molecule is COc1nn(C)cc1C(=O)NC1CCC(F)(F)CC1. The van der Waals surface area contributed by atoms with Crippen LogP contribution in [0.4, 0.5) is 8.78 Å². The molecule has 0 spiro atoms. The Balaban J connectivity index is 1.98. The van der Waals surface area contributed by atoms with Crippen LogP contribution in [0.5, 0.6) is 5.88 Å². The minimum absolute atomic E-state index is 0.178. The Kier molecular flexibility index (Phi) is 3.73. The number of amides is 1. The number of aromatic nitrogens is 2. The van der Waals surface area contributed by atoms with Crippen molar-refractivity contribution >= 4 is 5.91 Å². The highest BCUT2D eigenvalue weighted by molar-refractivity contribution is 5.96. The zero-order chi connectivity index (χ0) is 14.0. The Morgan fingerprint density at radius 2 is 2.16 bits per heavy atom. The van der Waals surface area contributed by atoms with E-state index in [2.05, 4.69) is 10.4 Å². The summed E-state index contributed by atoms with van der Waals surface area (Å²) in [5, 5.41) is 6.74. The van der Waals surface area contributed by atoms with Crippen LogP contribution in [0.1, 0.15) is 36.0 Å². The summed E-state index contributed by atoms with van der Waals surface area (Å²) in [4.78, 5) is 12.0. The molecular weight excluding hydrogens is 256 g/mol. The van der Waals surface area contributed by atoms with E-state index in [0.717, 1.165) is 0 Å². The molecular formula is C12H17F2N3O2. The second-order valence-electron chi connectivity index (χ2n) is 4.83. The van der Waals surface area contributed by atoms with E-state index >= 15 is 0 Å². The van der Waals surface area contributed by atoms with Crippen molar-refractivity contribution in [3.8, 4) is 5.88 Å². The molecule has 1 amide bonds. The molecule has 0 unspecified atom stereocenters. The normalized spacial score (nSPS) is 19.2. The van der Waals surface area contributed by atoms with Gasteiger partial charge in [0.1, 0.15) is 5.56 Å². The minimum Gasteiger partial charge on any atom is -0.479 e. The summed E-state index contributed by atoms with van der Waals surface area (Å²) in [5.74, 6) is -2.69. The zero-order valence-corrected chi connectivity index (χ0v) is 10.9. The molecule has 0 bridgehead atoms. The zero-order valence-electron chi connectivity index (χ0n) is 10.9. The maximum Gasteiger partial charge on any atom is 0.258 e. The van der Waals surface area contributed by atoms with Gasteiger partial charge in [0.05, 0.1) is 7.11 Å². The van der Waals surface area contributed by atoms with Gasteiger partial charge in [-0.1, -0.05) is 0 Å². The molecule has 1 fully saturated rings. The lowest BCUT2D eigenvalue weighted by atomic mass is 9.92. The number of alkyl halides is 2. The van der Waals surface area contributed by atoms with Crippen molar-refractivity contribution in [2.75, 3.05) is 7.11 Å². The monoisotopic (exact) mass is 273 g/mol. The van der Waals surface area contributed by atoms with Gasteiger partial charge in [0.2, 0.25) is 11.8 Å². The smallest absolute Gasteiger partial charge is 0.258 e. The highest BCUT2D eigenvalue weighted by Crippen LogP contribution is 2.33. The van der Waals surface area contributed by atoms with Crippen LogP contribution in [-0.4, -0.2) is 34.8 Å². The molecule has 1 N–H and O–H groups in total. The molecule has 19 heavy (non-hydrogen) atoms. The lowest BCUT2D eigenvalue weighted by Gasteiger charge is -2.28. The van der Waals surface area contributed by atoms with Gasteiger partial charge in [0, 0.05) is 32.1 Å². The lowest BCUT2D eigenvalue weighted by molar-refractivity contribution is -0.0399. The number of methoxy groups -OCH3 is 1. The quantitative estimate of drug-likeness (QED) is 0.912. The number of carbonyl (C=O) groups excluding carboxylic acids is 1. The first kappa shape index (κ1) is 13.8. The molecule has 0 radical (unpaired) electrons. The Hall–Kier alpha value is -1.66. The molecule has 0 aromatic carbocycles. The molecule has 5 nitrogen and oxygen atoms in total. The van der Waals surface area contributed by atoms with E-state index in [1.165, 1.54) is 11.8 Å². The van der Waals surface area contributed by atoms with Gasteiger partial charge in [-0.25, -0.2) is 8.78 Å². The Bertz CT molecular complexity index is 464. The van der Waals surface area contributed by atoms with Crippen LogP contribution in [0.25, 0.3) is 0 Å². The van der Waals surface area contributed by atoms with Gasteiger partial charge >= 0.3 is 0 Å². The van der Waals surface area contributed by atoms with Crippen molar-refractivity contribution in [3.63, 3.8) is 0 Å². The van der Waals surface area contributed by atoms with Crippen LogP contribution in [0.2, 0.25) is 0 Å². The van der Waals surface area contributed by atoms with Crippen molar-refractivity contribution in [2.24, 2.45) is 7.05 Å². The van der Waals surface area contributed by atoms with Crippen molar-refractivity contribution in [1.82, 2.24) is 15.1 Å². The molecule has 0 aliphatic heterocycles. The van der Waals surface area contributed by atoms with Gasteiger partial charge in [0.25, 0.3) is 5.91 Å². The molecule has 1 aliphatic rings. The third-order valence-electron chi connectivity index (χ3n) is 3.29. The van der Waals surface area contributed by atoms with Crippen molar-refractivity contribution in [1.29, 1.82) is 0 Å². The van der Waals surface area contributed by atoms with Crippen LogP contribution in [0, 0.1) is 0 Å². The molecule has 1 aromatic heterocycles. The average Bonchev–Trinajstić information content (AvgIpc) is 2.73. The summed E-state index contributed by atoms with van der Waals surface area (Å²) in [6, 6.07) is -0.211. The van der Waals surface area contributed by atoms with Crippen LogP contribution >= 0.6 is 0 Å². The number of halogens is 2. The number of hydrogen-bond donors (Lipinski definition) is 1. The summed E-state index contributed by atoms with van der Waals surface area (Å²) in [7, 11) is 3.11. The molecule has 2 rings (SSSR count). The van der Waals surface area contributed by atoms with E-state index in [9.17, 15) is 13.6 Å². The predicted octanol–water partition coefficient (Wildman–Crippen LogP) is 1.74. The molecule has 7 heteroatoms. The van der Waals surface area contributed by atoms with Crippen LogP contribution in [0.3, 0.4) is 0 Å². The molecule has 1 saturated carbocycles. The molecule has 0 saturated heterocycles. The van der Waals surface area contributed by atoms with E-state index in [-0.39, 0.29) is 30.7 Å². The molecule has 1 aliphatic carbocycles. The van der Waals surface area contributed by atoms with Gasteiger partial charge in [0.15, 0.2) is 0 Å². The number of rotatable bonds is 3. The predicted molar refractivity (Wildman–Crippen MR) is 64.4 cm³/mol. The van der Waals surface area contributed by atoms with Crippen molar-refractivity contribution < 1.29 is 18.3 Å².